The number of halogens is 1. The monoisotopic (exact) mass is 234 g/mol. The minimum absolute atomic E-state index is 0.102. The van der Waals surface area contributed by atoms with Crippen molar-refractivity contribution in [2.24, 2.45) is 0 Å². The molecule has 0 aliphatic rings. The predicted octanol–water partition coefficient (Wildman–Crippen LogP) is 2.45. The predicted molar refractivity (Wildman–Crippen MR) is 48.1 cm³/mol. The molecule has 1 aromatic heterocycles. The number of aryl methyl sites for hydroxylation is 1. The van der Waals surface area contributed by atoms with Gasteiger partial charge < -0.3 is 5.11 Å². The summed E-state index contributed by atoms with van der Waals surface area (Å²) in [6.45, 7) is 1.96. The summed E-state index contributed by atoms with van der Waals surface area (Å²) in [5.41, 5.74) is 0.861. The highest BCUT2D eigenvalue weighted by molar-refractivity contribution is 9.11. The molecule has 0 saturated heterocycles. The van der Waals surface area contributed by atoms with E-state index in [-0.39, 0.29) is 6.42 Å². The van der Waals surface area contributed by atoms with Crippen LogP contribution in [-0.2, 0) is 11.2 Å². The molecule has 2 nitrogen and oxygen atoms in total. The van der Waals surface area contributed by atoms with Gasteiger partial charge in [0.2, 0.25) is 0 Å². The zero-order valence-corrected chi connectivity index (χ0v) is 8.33. The van der Waals surface area contributed by atoms with Gasteiger partial charge in [-0.3, -0.25) is 4.79 Å². The van der Waals surface area contributed by atoms with E-state index in [4.69, 9.17) is 5.11 Å². The van der Waals surface area contributed by atoms with Gasteiger partial charge in [0.05, 0.1) is 10.2 Å². The van der Waals surface area contributed by atoms with Crippen LogP contribution in [0.15, 0.2) is 9.85 Å². The fourth-order valence-electron chi connectivity index (χ4n) is 0.822. The van der Waals surface area contributed by atoms with Gasteiger partial charge in [-0.2, -0.15) is 0 Å². The van der Waals surface area contributed by atoms with Gasteiger partial charge in [0, 0.05) is 4.88 Å². The lowest BCUT2D eigenvalue weighted by Gasteiger charge is -1.90. The van der Waals surface area contributed by atoms with E-state index in [1.807, 2.05) is 13.0 Å². The minimum Gasteiger partial charge on any atom is -0.481 e. The number of hydrogen-bond donors (Lipinski definition) is 1. The maximum atomic E-state index is 10.3. The summed E-state index contributed by atoms with van der Waals surface area (Å²) in [7, 11) is 0. The zero-order chi connectivity index (χ0) is 8.43. The average Bonchev–Trinajstić information content (AvgIpc) is 2.09. The number of aliphatic carboxylic acids is 1. The van der Waals surface area contributed by atoms with Crippen molar-refractivity contribution in [3.05, 3.63) is 20.3 Å². The van der Waals surface area contributed by atoms with E-state index in [2.05, 4.69) is 15.9 Å². The Labute approximate surface area is 77.0 Å². The third-order valence-corrected chi connectivity index (χ3v) is 3.10. The van der Waals surface area contributed by atoms with Gasteiger partial charge >= 0.3 is 5.97 Å². The molecule has 0 radical (unpaired) electrons. The quantitative estimate of drug-likeness (QED) is 0.854. The number of carboxylic acid groups (broad SMARTS) is 1. The van der Waals surface area contributed by atoms with Crippen molar-refractivity contribution < 1.29 is 9.90 Å². The van der Waals surface area contributed by atoms with Crippen LogP contribution in [0.5, 0.6) is 0 Å². The number of thiophene rings is 1. The Morgan fingerprint density at radius 2 is 2.45 bits per heavy atom. The van der Waals surface area contributed by atoms with E-state index in [0.717, 1.165) is 14.2 Å². The van der Waals surface area contributed by atoms with Crippen molar-refractivity contribution >= 4 is 33.2 Å². The highest BCUT2D eigenvalue weighted by atomic mass is 79.9. The number of carboxylic acids is 1. The van der Waals surface area contributed by atoms with E-state index in [1.165, 1.54) is 0 Å². The minimum atomic E-state index is -0.788. The van der Waals surface area contributed by atoms with Crippen molar-refractivity contribution in [3.8, 4) is 0 Å². The third-order valence-electron chi connectivity index (χ3n) is 1.22. The van der Waals surface area contributed by atoms with Crippen LogP contribution in [0.3, 0.4) is 0 Å². The largest absolute Gasteiger partial charge is 0.481 e. The van der Waals surface area contributed by atoms with Gasteiger partial charge in [-0.25, -0.2) is 0 Å². The second-order valence-corrected chi connectivity index (χ2v) is 4.80. The van der Waals surface area contributed by atoms with E-state index in [0.29, 0.717) is 0 Å². The lowest BCUT2D eigenvalue weighted by atomic mass is 10.2. The van der Waals surface area contributed by atoms with Gasteiger partial charge in [0.1, 0.15) is 0 Å². The second-order valence-electron chi connectivity index (χ2n) is 2.23. The van der Waals surface area contributed by atoms with Crippen LogP contribution in [0.25, 0.3) is 0 Å². The van der Waals surface area contributed by atoms with Gasteiger partial charge in [-0.05, 0) is 34.5 Å². The summed E-state index contributed by atoms with van der Waals surface area (Å²) in [4.78, 5) is 11.4. The zero-order valence-electron chi connectivity index (χ0n) is 5.93. The Balaban J connectivity index is 2.85. The van der Waals surface area contributed by atoms with Crippen molar-refractivity contribution in [2.75, 3.05) is 0 Å². The van der Waals surface area contributed by atoms with Gasteiger partial charge in [-0.15, -0.1) is 11.3 Å². The molecular weight excluding hydrogens is 228 g/mol. The van der Waals surface area contributed by atoms with Gasteiger partial charge in [-0.1, -0.05) is 0 Å². The first-order valence-electron chi connectivity index (χ1n) is 3.06. The van der Waals surface area contributed by atoms with E-state index < -0.39 is 5.97 Å². The van der Waals surface area contributed by atoms with E-state index in [1.54, 1.807) is 11.3 Å². The Kier molecular flexibility index (Phi) is 2.67. The van der Waals surface area contributed by atoms with Crippen LogP contribution >= 0.6 is 27.3 Å². The van der Waals surface area contributed by atoms with Gasteiger partial charge in [0.25, 0.3) is 0 Å². The molecule has 0 spiro atoms. The molecule has 0 fully saturated rings. The molecule has 1 N–H and O–H groups in total. The summed E-state index contributed by atoms with van der Waals surface area (Å²) in [6, 6.07) is 1.89. The molecule has 0 amide bonds. The number of hydrogen-bond acceptors (Lipinski definition) is 2. The third kappa shape index (κ3) is 2.31. The molecule has 4 heteroatoms. The average molecular weight is 235 g/mol. The van der Waals surface area contributed by atoms with Crippen molar-refractivity contribution in [1.29, 1.82) is 0 Å². The van der Waals surface area contributed by atoms with Crippen molar-refractivity contribution in [1.82, 2.24) is 0 Å². The SMILES string of the molecule is Cc1cc(CC(=O)O)c(Br)s1. The van der Waals surface area contributed by atoms with Crippen molar-refractivity contribution in [3.63, 3.8) is 0 Å². The maximum absolute atomic E-state index is 10.3. The molecule has 0 atom stereocenters. The summed E-state index contributed by atoms with van der Waals surface area (Å²) < 4.78 is 0.928. The molecule has 1 aromatic rings. The topological polar surface area (TPSA) is 37.3 Å². The molecule has 0 aliphatic heterocycles. The van der Waals surface area contributed by atoms with Gasteiger partial charge in [0.15, 0.2) is 0 Å². The first kappa shape index (κ1) is 8.74. The summed E-state index contributed by atoms with van der Waals surface area (Å²) in [5, 5.41) is 8.48. The van der Waals surface area contributed by atoms with E-state index in [9.17, 15) is 4.79 Å². The standard InChI is InChI=1S/C7H7BrO2S/c1-4-2-5(3-6(9)10)7(8)11-4/h2H,3H2,1H3,(H,9,10). The van der Waals surface area contributed by atoms with Crippen LogP contribution < -0.4 is 0 Å². The molecule has 60 valence electrons. The Morgan fingerprint density at radius 1 is 1.82 bits per heavy atom. The molecule has 0 unspecified atom stereocenters. The van der Waals surface area contributed by atoms with Crippen LogP contribution in [0.1, 0.15) is 10.4 Å². The molecule has 1 rings (SSSR count). The molecule has 0 aliphatic carbocycles. The molecular formula is C7H7BrO2S. The van der Waals surface area contributed by atoms with Crippen LogP contribution in [0.4, 0.5) is 0 Å². The summed E-state index contributed by atoms with van der Waals surface area (Å²) in [6.07, 6.45) is 0.102. The van der Waals surface area contributed by atoms with Crippen LogP contribution in [0, 0.1) is 6.92 Å². The summed E-state index contributed by atoms with van der Waals surface area (Å²) in [5.74, 6) is -0.788. The molecule has 1 heterocycles. The first-order chi connectivity index (χ1) is 5.09. The summed E-state index contributed by atoms with van der Waals surface area (Å²) >= 11 is 4.87. The highest BCUT2D eigenvalue weighted by Crippen LogP contribution is 2.27. The Hall–Kier alpha value is -0.350. The lowest BCUT2D eigenvalue weighted by Crippen LogP contribution is -1.98. The Morgan fingerprint density at radius 3 is 2.82 bits per heavy atom. The highest BCUT2D eigenvalue weighted by Gasteiger charge is 2.07. The Bertz CT molecular complexity index is 280. The molecule has 0 bridgehead atoms. The van der Waals surface area contributed by atoms with E-state index >= 15 is 0 Å². The fourth-order valence-corrected chi connectivity index (χ4v) is 2.59. The van der Waals surface area contributed by atoms with Crippen LogP contribution in [-0.4, -0.2) is 11.1 Å². The molecule has 0 aromatic carbocycles. The smallest absolute Gasteiger partial charge is 0.307 e. The normalized spacial score (nSPS) is 10.0. The van der Waals surface area contributed by atoms with Crippen LogP contribution in [0.2, 0.25) is 0 Å². The fraction of sp³-hybridized carbons (Fsp3) is 0.286. The lowest BCUT2D eigenvalue weighted by molar-refractivity contribution is -0.136. The first-order valence-corrected chi connectivity index (χ1v) is 4.67. The number of rotatable bonds is 2. The number of carbonyl (C=O) groups is 1. The van der Waals surface area contributed by atoms with Crippen molar-refractivity contribution in [2.45, 2.75) is 13.3 Å². The maximum Gasteiger partial charge on any atom is 0.307 e. The second kappa shape index (κ2) is 3.36. The molecule has 11 heavy (non-hydrogen) atoms. The molecule has 0 saturated carbocycles.